The van der Waals surface area contributed by atoms with Crippen LogP contribution < -0.4 is 0 Å². The molecule has 0 amide bonds. The molecule has 6 nitrogen and oxygen atoms in total. The van der Waals surface area contributed by atoms with Crippen molar-refractivity contribution in [1.82, 2.24) is 0 Å². The molecule has 3 atom stereocenters. The van der Waals surface area contributed by atoms with E-state index in [2.05, 4.69) is 39.8 Å². The van der Waals surface area contributed by atoms with Gasteiger partial charge in [0.2, 0.25) is 23.1 Å². The van der Waals surface area contributed by atoms with Crippen molar-refractivity contribution in [3.05, 3.63) is 126 Å². The number of fused-ring (bicyclic) bond motifs is 10. The molecule has 3 aromatic carbocycles. The molecule has 52 heavy (non-hydrogen) atoms. The van der Waals surface area contributed by atoms with Crippen molar-refractivity contribution in [1.29, 1.82) is 0 Å². The Bertz CT molecular complexity index is 2370. The summed E-state index contributed by atoms with van der Waals surface area (Å²) >= 11 is 6.60. The molecule has 7 heteroatoms. The van der Waals surface area contributed by atoms with Gasteiger partial charge in [0.05, 0.1) is 17.4 Å². The van der Waals surface area contributed by atoms with E-state index < -0.39 is 41.1 Å². The number of ether oxygens (including phenoxy) is 1. The van der Waals surface area contributed by atoms with Gasteiger partial charge in [-0.3, -0.25) is 19.2 Å². The smallest absolute Gasteiger partial charge is 0.237 e. The van der Waals surface area contributed by atoms with Gasteiger partial charge in [0.1, 0.15) is 23.4 Å². The van der Waals surface area contributed by atoms with Crippen molar-refractivity contribution in [3.8, 4) is 11.3 Å². The number of benzene rings is 3. The molecule has 3 unspecified atom stereocenters. The fraction of sp³-hybridized carbons (Fsp3) is 0.378. The summed E-state index contributed by atoms with van der Waals surface area (Å²) < 4.78 is 13.8. The summed E-state index contributed by atoms with van der Waals surface area (Å²) in [5.74, 6) is -2.19. The van der Waals surface area contributed by atoms with Crippen LogP contribution in [0.25, 0.3) is 11.3 Å². The monoisotopic (exact) mass is 712 g/mol. The van der Waals surface area contributed by atoms with Crippen LogP contribution in [0.15, 0.2) is 64.3 Å². The SMILES string of the molecule is CC1=C(C(c2cccc(Cl)c2)c2oc3c(c2C)C(=O)C(=O)c2c-3ccc3c2CCCC3(C)C)OC2c3ccc4c(c3C(=O)C(=O)C12)CCCC4(C)C. The Morgan fingerprint density at radius 1 is 0.769 bits per heavy atom. The Balaban J connectivity index is 1.22. The van der Waals surface area contributed by atoms with Crippen LogP contribution >= 0.6 is 11.6 Å². The minimum Gasteiger partial charge on any atom is -0.488 e. The normalized spacial score (nSPS) is 22.9. The first-order valence-electron chi connectivity index (χ1n) is 18.5. The van der Waals surface area contributed by atoms with Gasteiger partial charge in [0.15, 0.2) is 0 Å². The molecule has 5 aliphatic rings. The zero-order valence-corrected chi connectivity index (χ0v) is 31.2. The van der Waals surface area contributed by atoms with E-state index in [0.29, 0.717) is 50.1 Å². The van der Waals surface area contributed by atoms with Gasteiger partial charge >= 0.3 is 0 Å². The zero-order chi connectivity index (χ0) is 36.6. The lowest BCUT2D eigenvalue weighted by Crippen LogP contribution is -2.37. The summed E-state index contributed by atoms with van der Waals surface area (Å²) in [5, 5.41) is 0.502. The van der Waals surface area contributed by atoms with E-state index in [0.717, 1.165) is 71.9 Å². The molecule has 264 valence electrons. The van der Waals surface area contributed by atoms with E-state index in [1.54, 1.807) is 6.07 Å². The predicted octanol–water partition coefficient (Wildman–Crippen LogP) is 10.1. The lowest BCUT2D eigenvalue weighted by atomic mass is 9.67. The van der Waals surface area contributed by atoms with Crippen LogP contribution in [0.4, 0.5) is 0 Å². The van der Waals surface area contributed by atoms with Gasteiger partial charge in [-0.2, -0.15) is 0 Å². The van der Waals surface area contributed by atoms with Crippen molar-refractivity contribution in [3.63, 3.8) is 0 Å². The molecule has 4 aliphatic carbocycles. The standard InChI is InChI=1S/C45H41ClO6/c1-21-31-36(47)38(49)34-25-12-8-18-44(3,4)29(25)16-14-27(34)42(31)51-40(21)33(23-10-7-11-24(46)20-23)41-22(2)32-37(48)39(50)35-26-13-9-19-45(5,6)30(26)17-15-28(35)43(32)52-41/h7,10-11,14-17,20,31,33,42H,8-9,12-13,18-19H2,1-6H3. The molecule has 0 saturated carbocycles. The van der Waals surface area contributed by atoms with Crippen LogP contribution in [-0.2, 0) is 33.2 Å². The molecule has 0 bridgehead atoms. The lowest BCUT2D eigenvalue weighted by Gasteiger charge is -2.36. The second kappa shape index (κ2) is 11.2. The molecule has 0 fully saturated rings. The topological polar surface area (TPSA) is 90.7 Å². The summed E-state index contributed by atoms with van der Waals surface area (Å²) in [6, 6.07) is 15.5. The van der Waals surface area contributed by atoms with Crippen molar-refractivity contribution in [2.24, 2.45) is 5.92 Å². The quantitative estimate of drug-likeness (QED) is 0.196. The van der Waals surface area contributed by atoms with Gasteiger partial charge in [-0.15, -0.1) is 0 Å². The highest BCUT2D eigenvalue weighted by Gasteiger charge is 2.52. The third-order valence-corrected chi connectivity index (χ3v) is 13.1. The number of halogens is 1. The number of furan rings is 1. The summed E-state index contributed by atoms with van der Waals surface area (Å²) in [7, 11) is 0. The van der Waals surface area contributed by atoms with Crippen LogP contribution in [0, 0.1) is 12.8 Å². The number of hydrogen-bond acceptors (Lipinski definition) is 6. The average molecular weight is 713 g/mol. The summed E-state index contributed by atoms with van der Waals surface area (Å²) in [6.07, 6.45) is 4.69. The minimum atomic E-state index is -0.796. The van der Waals surface area contributed by atoms with Crippen molar-refractivity contribution in [2.75, 3.05) is 0 Å². The van der Waals surface area contributed by atoms with E-state index >= 15 is 0 Å². The summed E-state index contributed by atoms with van der Waals surface area (Å²) in [4.78, 5) is 56.3. The van der Waals surface area contributed by atoms with Crippen molar-refractivity contribution < 1.29 is 28.3 Å². The van der Waals surface area contributed by atoms with Gasteiger partial charge in [0.25, 0.3) is 0 Å². The van der Waals surface area contributed by atoms with E-state index in [9.17, 15) is 19.2 Å². The number of ketones is 4. The molecule has 0 N–H and O–H groups in total. The Labute approximate surface area is 308 Å². The molecular weight excluding hydrogens is 672 g/mol. The molecule has 9 rings (SSSR count). The van der Waals surface area contributed by atoms with E-state index in [1.165, 1.54) is 0 Å². The third kappa shape index (κ3) is 4.49. The van der Waals surface area contributed by atoms with Gasteiger partial charge in [0, 0.05) is 32.8 Å². The Morgan fingerprint density at radius 3 is 2.08 bits per heavy atom. The zero-order valence-electron chi connectivity index (χ0n) is 30.4. The molecule has 4 aromatic rings. The largest absolute Gasteiger partial charge is 0.488 e. The van der Waals surface area contributed by atoms with Gasteiger partial charge in [-0.25, -0.2) is 0 Å². The second-order valence-electron chi connectivity index (χ2n) is 16.7. The number of carbonyl (C=O) groups excluding carboxylic acids is 4. The minimum absolute atomic E-state index is 0.0980. The highest BCUT2D eigenvalue weighted by atomic mass is 35.5. The fourth-order valence-electron chi connectivity index (χ4n) is 10.2. The van der Waals surface area contributed by atoms with Crippen LogP contribution in [0.1, 0.15) is 148 Å². The summed E-state index contributed by atoms with van der Waals surface area (Å²) in [5.41, 5.74) is 8.43. The molecule has 1 aromatic heterocycles. The number of allylic oxidation sites excluding steroid dienone is 1. The van der Waals surface area contributed by atoms with E-state index in [1.807, 2.05) is 44.2 Å². The second-order valence-corrected chi connectivity index (χ2v) is 17.2. The molecule has 2 heterocycles. The van der Waals surface area contributed by atoms with Crippen molar-refractivity contribution >= 4 is 34.7 Å². The van der Waals surface area contributed by atoms with Crippen LogP contribution in [0.5, 0.6) is 0 Å². The van der Waals surface area contributed by atoms with E-state index in [-0.39, 0.29) is 16.4 Å². The first-order valence-corrected chi connectivity index (χ1v) is 18.9. The highest BCUT2D eigenvalue weighted by molar-refractivity contribution is 6.53. The number of Topliss-reactive ketones (excluding diaryl/α,β-unsaturated/α-hetero) is 4. The molecule has 1 aliphatic heterocycles. The van der Waals surface area contributed by atoms with Crippen LogP contribution in [-0.4, -0.2) is 23.1 Å². The predicted molar refractivity (Wildman–Crippen MR) is 199 cm³/mol. The molecule has 0 spiro atoms. The third-order valence-electron chi connectivity index (χ3n) is 12.8. The molecule has 0 radical (unpaired) electrons. The molecular formula is C45H41ClO6. The number of carbonyl (C=O) groups is 4. The van der Waals surface area contributed by atoms with Gasteiger partial charge in [-0.1, -0.05) is 75.7 Å². The van der Waals surface area contributed by atoms with Crippen LogP contribution in [0.2, 0.25) is 5.02 Å². The summed E-state index contributed by atoms with van der Waals surface area (Å²) in [6.45, 7) is 12.4. The van der Waals surface area contributed by atoms with Gasteiger partial charge < -0.3 is 9.15 Å². The van der Waals surface area contributed by atoms with E-state index in [4.69, 9.17) is 20.8 Å². The first kappa shape index (κ1) is 33.3. The van der Waals surface area contributed by atoms with Gasteiger partial charge in [-0.05, 0) is 109 Å². The number of hydrogen-bond donors (Lipinski definition) is 0. The van der Waals surface area contributed by atoms with Crippen molar-refractivity contribution in [2.45, 2.75) is 103 Å². The van der Waals surface area contributed by atoms with Crippen LogP contribution in [0.3, 0.4) is 0 Å². The maximum Gasteiger partial charge on any atom is 0.237 e. The molecule has 0 saturated heterocycles. The fourth-order valence-corrected chi connectivity index (χ4v) is 10.4. The lowest BCUT2D eigenvalue weighted by molar-refractivity contribution is -0.120. The number of rotatable bonds is 3. The Morgan fingerprint density at radius 2 is 1.40 bits per heavy atom. The maximum absolute atomic E-state index is 14.1. The Kier molecular flexibility index (Phi) is 7.19. The maximum atomic E-state index is 14.1. The Hall–Kier alpha value is -4.55. The first-order chi connectivity index (χ1) is 24.7. The average Bonchev–Trinajstić information content (AvgIpc) is 3.62. The highest BCUT2D eigenvalue weighted by Crippen LogP contribution is 2.55.